The number of sulfonamides is 1. The molecule has 4 aromatic rings. The molecule has 1 aliphatic heterocycles. The van der Waals surface area contributed by atoms with Crippen LogP contribution in [0.1, 0.15) is 28.2 Å². The summed E-state index contributed by atoms with van der Waals surface area (Å²) in [4.78, 5) is 13.8. The summed E-state index contributed by atoms with van der Waals surface area (Å²) in [6, 6.07) is 13.3. The topological polar surface area (TPSA) is 125 Å². The monoisotopic (exact) mass is 552 g/mol. The molecule has 0 spiro atoms. The van der Waals surface area contributed by atoms with E-state index >= 15 is 0 Å². The van der Waals surface area contributed by atoms with Gasteiger partial charge in [-0.1, -0.05) is 18.2 Å². The molecule has 204 valence electrons. The first-order valence-electron chi connectivity index (χ1n) is 12.0. The number of nitrogens with one attached hydrogen (secondary N) is 1. The van der Waals surface area contributed by atoms with Crippen LogP contribution in [0.15, 0.2) is 59.6 Å². The zero-order valence-corrected chi connectivity index (χ0v) is 22.7. The first-order chi connectivity index (χ1) is 18.7. The average molecular weight is 553 g/mol. The van der Waals surface area contributed by atoms with Crippen molar-refractivity contribution in [1.29, 1.82) is 0 Å². The van der Waals surface area contributed by atoms with Gasteiger partial charge in [0.1, 0.15) is 10.6 Å². The van der Waals surface area contributed by atoms with E-state index in [-0.39, 0.29) is 24.0 Å². The molecule has 0 saturated heterocycles. The molecule has 39 heavy (non-hydrogen) atoms. The van der Waals surface area contributed by atoms with Gasteiger partial charge in [-0.15, -0.1) is 0 Å². The number of carbonyl (C=O) groups excluding carboxylic acids is 1. The summed E-state index contributed by atoms with van der Waals surface area (Å²) in [5.74, 6) is -0.599. The molecule has 1 aromatic heterocycles. The molecule has 2 N–H and O–H groups in total. The van der Waals surface area contributed by atoms with E-state index < -0.39 is 21.8 Å². The fourth-order valence-electron chi connectivity index (χ4n) is 4.82. The number of amides is 1. The third-order valence-corrected chi connectivity index (χ3v) is 8.09. The minimum Gasteiger partial charge on any atom is -0.495 e. The van der Waals surface area contributed by atoms with Crippen LogP contribution in [0.3, 0.4) is 0 Å². The van der Waals surface area contributed by atoms with Gasteiger partial charge in [0.2, 0.25) is 18.4 Å². The Morgan fingerprint density at radius 3 is 2.56 bits per heavy atom. The Kier molecular flexibility index (Phi) is 6.87. The molecule has 0 saturated carbocycles. The maximum atomic E-state index is 14.0. The third-order valence-electron chi connectivity index (χ3n) is 6.70. The van der Waals surface area contributed by atoms with Crippen molar-refractivity contribution in [2.45, 2.75) is 24.3 Å². The van der Waals surface area contributed by atoms with Gasteiger partial charge in [0.15, 0.2) is 11.5 Å². The lowest BCUT2D eigenvalue weighted by atomic mass is 9.89. The van der Waals surface area contributed by atoms with Crippen molar-refractivity contribution in [1.82, 2.24) is 9.29 Å². The van der Waals surface area contributed by atoms with Gasteiger partial charge in [-0.25, -0.2) is 13.1 Å². The molecule has 1 amide bonds. The Balaban J connectivity index is 1.66. The van der Waals surface area contributed by atoms with Crippen LogP contribution < -0.4 is 23.7 Å². The van der Waals surface area contributed by atoms with Crippen LogP contribution in [0.25, 0.3) is 10.9 Å². The number of nitrogens with zero attached hydrogens (tertiary/aromatic N) is 1. The number of aliphatic hydroxyl groups excluding tert-OH is 1. The van der Waals surface area contributed by atoms with E-state index in [0.29, 0.717) is 33.9 Å². The first kappa shape index (κ1) is 26.4. The number of rotatable bonds is 8. The Morgan fingerprint density at radius 2 is 1.85 bits per heavy atom. The summed E-state index contributed by atoms with van der Waals surface area (Å²) >= 11 is 0. The molecule has 0 fully saturated rings. The van der Waals surface area contributed by atoms with Gasteiger partial charge in [-0.2, -0.15) is 0 Å². The number of methoxy groups -OCH3 is 2. The largest absolute Gasteiger partial charge is 0.495 e. The molecule has 0 radical (unpaired) electrons. The highest BCUT2D eigenvalue weighted by molar-refractivity contribution is 7.90. The molecule has 1 unspecified atom stereocenters. The van der Waals surface area contributed by atoms with E-state index in [1.54, 1.807) is 42.6 Å². The van der Waals surface area contributed by atoms with Crippen molar-refractivity contribution in [3.63, 3.8) is 0 Å². The van der Waals surface area contributed by atoms with Crippen molar-refractivity contribution in [3.8, 4) is 23.0 Å². The minimum absolute atomic E-state index is 0.00812. The number of hydrogen-bond acceptors (Lipinski definition) is 8. The van der Waals surface area contributed by atoms with Gasteiger partial charge in [-0.05, 0) is 59.5 Å². The Morgan fingerprint density at radius 1 is 1.08 bits per heavy atom. The van der Waals surface area contributed by atoms with Crippen molar-refractivity contribution in [3.05, 3.63) is 77.0 Å². The van der Waals surface area contributed by atoms with E-state index in [2.05, 4.69) is 4.72 Å². The zero-order valence-electron chi connectivity index (χ0n) is 21.8. The Bertz CT molecular complexity index is 1690. The van der Waals surface area contributed by atoms with Crippen molar-refractivity contribution in [2.75, 3.05) is 21.0 Å². The van der Waals surface area contributed by atoms with Gasteiger partial charge in [-0.3, -0.25) is 4.79 Å². The van der Waals surface area contributed by atoms with Crippen LogP contribution in [-0.4, -0.2) is 45.0 Å². The van der Waals surface area contributed by atoms with E-state index in [1.165, 1.54) is 20.3 Å². The molecule has 0 bridgehead atoms. The number of benzene rings is 3. The molecule has 1 aliphatic rings. The Labute approximate surface area is 225 Å². The fraction of sp³-hybridized carbons (Fsp3) is 0.250. The summed E-state index contributed by atoms with van der Waals surface area (Å²) in [6.45, 7) is 1.66. The van der Waals surface area contributed by atoms with Crippen LogP contribution in [0.5, 0.6) is 23.0 Å². The summed E-state index contributed by atoms with van der Waals surface area (Å²) in [7, 11) is 0.340. The lowest BCUT2D eigenvalue weighted by molar-refractivity contribution is -0.119. The van der Waals surface area contributed by atoms with Crippen LogP contribution in [-0.2, 0) is 28.5 Å². The number of aliphatic hydroxyl groups is 1. The second-order valence-corrected chi connectivity index (χ2v) is 10.9. The summed E-state index contributed by atoms with van der Waals surface area (Å²) in [6.07, 6.45) is 1.77. The minimum atomic E-state index is -4.32. The lowest BCUT2D eigenvalue weighted by Crippen LogP contribution is -2.35. The van der Waals surface area contributed by atoms with Crippen molar-refractivity contribution in [2.24, 2.45) is 7.05 Å². The molecule has 3 aromatic carbocycles. The highest BCUT2D eigenvalue weighted by Crippen LogP contribution is 2.45. The maximum Gasteiger partial charge on any atom is 0.267 e. The predicted octanol–water partition coefficient (Wildman–Crippen LogP) is 3.36. The highest BCUT2D eigenvalue weighted by atomic mass is 32.2. The molecule has 10 nitrogen and oxygen atoms in total. The summed E-state index contributed by atoms with van der Waals surface area (Å²) < 4.78 is 52.8. The van der Waals surface area contributed by atoms with E-state index in [1.807, 2.05) is 24.6 Å². The number of aryl methyl sites for hydroxylation is 2. The molecular weight excluding hydrogens is 524 g/mol. The van der Waals surface area contributed by atoms with Crippen molar-refractivity contribution < 1.29 is 37.3 Å². The van der Waals surface area contributed by atoms with E-state index in [9.17, 15) is 18.3 Å². The van der Waals surface area contributed by atoms with Crippen LogP contribution in [0, 0.1) is 6.92 Å². The number of hydrogen-bond donors (Lipinski definition) is 2. The quantitative estimate of drug-likeness (QED) is 0.341. The Hall–Kier alpha value is -4.22. The standard InChI is InChI=1S/C28H28N2O8S/c1-16-5-8-25(22(9-16)35-3)39(33,34)29-28(32)26(18-11-23(36-4)27-24(12-18)37-15-38-27)20-13-30(2)21-10-17(14-31)6-7-19(20)21/h5-13,26,31H,14-15H2,1-4H3,(H,29,32). The van der Waals surface area contributed by atoms with Gasteiger partial charge in [0.25, 0.3) is 10.0 Å². The molecule has 2 heterocycles. The third kappa shape index (κ3) is 4.75. The number of ether oxygens (including phenoxy) is 4. The van der Waals surface area contributed by atoms with Crippen LogP contribution in [0.4, 0.5) is 0 Å². The molecule has 0 aliphatic carbocycles. The fourth-order valence-corrected chi connectivity index (χ4v) is 5.97. The maximum absolute atomic E-state index is 14.0. The predicted molar refractivity (Wildman–Crippen MR) is 143 cm³/mol. The second kappa shape index (κ2) is 10.2. The van der Waals surface area contributed by atoms with Crippen molar-refractivity contribution >= 4 is 26.8 Å². The molecule has 11 heteroatoms. The smallest absolute Gasteiger partial charge is 0.267 e. The van der Waals surface area contributed by atoms with Gasteiger partial charge < -0.3 is 28.6 Å². The first-order valence-corrected chi connectivity index (χ1v) is 13.5. The number of fused-ring (bicyclic) bond motifs is 2. The average Bonchev–Trinajstić information content (AvgIpc) is 3.52. The van der Waals surface area contributed by atoms with Gasteiger partial charge >= 0.3 is 0 Å². The molecule has 1 atom stereocenters. The summed E-state index contributed by atoms with van der Waals surface area (Å²) in [5, 5.41) is 10.3. The SMILES string of the molecule is COc1cc(C)ccc1S(=O)(=O)NC(=O)C(c1cc(OC)c2c(c1)OCO2)c1cn(C)c2cc(CO)ccc12. The van der Waals surface area contributed by atoms with Crippen LogP contribution >= 0.6 is 0 Å². The normalized spacial score (nSPS) is 13.4. The van der Waals surface area contributed by atoms with Gasteiger partial charge in [0, 0.05) is 24.1 Å². The number of aromatic nitrogens is 1. The zero-order chi connectivity index (χ0) is 27.9. The van der Waals surface area contributed by atoms with Crippen LogP contribution in [0.2, 0.25) is 0 Å². The van der Waals surface area contributed by atoms with E-state index in [4.69, 9.17) is 18.9 Å². The van der Waals surface area contributed by atoms with Gasteiger partial charge in [0.05, 0.1) is 26.7 Å². The lowest BCUT2D eigenvalue weighted by Gasteiger charge is -2.19. The highest BCUT2D eigenvalue weighted by Gasteiger charge is 2.33. The number of carbonyl (C=O) groups is 1. The molecule has 5 rings (SSSR count). The second-order valence-electron chi connectivity index (χ2n) is 9.22. The molecular formula is C28H28N2O8S. The summed E-state index contributed by atoms with van der Waals surface area (Å²) in [5.41, 5.74) is 3.28. The van der Waals surface area contributed by atoms with E-state index in [0.717, 1.165) is 16.5 Å².